The molecule has 0 amide bonds. The summed E-state index contributed by atoms with van der Waals surface area (Å²) in [7, 11) is 0. The van der Waals surface area contributed by atoms with Gasteiger partial charge in [0, 0.05) is 23.6 Å². The number of aromatic nitrogens is 2. The van der Waals surface area contributed by atoms with Crippen molar-refractivity contribution in [3.8, 4) is 11.5 Å². The second kappa shape index (κ2) is 11.7. The van der Waals surface area contributed by atoms with E-state index < -0.39 is 23.1 Å². The number of carbonyl (C=O) groups is 1. The molecule has 3 aromatic carbocycles. The van der Waals surface area contributed by atoms with Crippen molar-refractivity contribution in [2.75, 3.05) is 13.1 Å². The average Bonchev–Trinajstić information content (AvgIpc) is 3.57. The number of para-hydroxylation sites is 1. The molecule has 1 atom stereocenters. The molecule has 2 aliphatic heterocycles. The lowest BCUT2D eigenvalue weighted by Gasteiger charge is -2.35. The van der Waals surface area contributed by atoms with E-state index in [1.807, 2.05) is 30.3 Å². The first-order valence-corrected chi connectivity index (χ1v) is 15.2. The monoisotopic (exact) mass is 615 g/mol. The number of benzene rings is 3. The smallest absolute Gasteiger partial charge is 0.328 e. The van der Waals surface area contributed by atoms with Crippen LogP contribution < -0.4 is 9.47 Å². The van der Waals surface area contributed by atoms with Crippen molar-refractivity contribution in [3.63, 3.8) is 0 Å². The van der Waals surface area contributed by atoms with Crippen LogP contribution in [0.2, 0.25) is 5.02 Å². The number of carboxylic acid groups (broad SMARTS) is 1. The lowest BCUT2D eigenvalue weighted by molar-refractivity contribution is -0.131. The molecule has 7 nitrogen and oxygen atoms in total. The Balaban J connectivity index is 1.20. The summed E-state index contributed by atoms with van der Waals surface area (Å²) in [4.78, 5) is 18.5. The average molecular weight is 616 g/mol. The lowest BCUT2D eigenvalue weighted by Crippen LogP contribution is -2.36. The van der Waals surface area contributed by atoms with E-state index in [9.17, 15) is 14.3 Å². The quantitative estimate of drug-likeness (QED) is 0.206. The Morgan fingerprint density at radius 2 is 1.86 bits per heavy atom. The second-order valence-electron chi connectivity index (χ2n) is 12.0. The maximum atomic E-state index is 14.8. The van der Waals surface area contributed by atoms with Crippen LogP contribution in [0.5, 0.6) is 11.5 Å². The van der Waals surface area contributed by atoms with Crippen LogP contribution >= 0.6 is 11.6 Å². The van der Waals surface area contributed by atoms with Gasteiger partial charge in [0.1, 0.15) is 11.6 Å². The highest BCUT2D eigenvalue weighted by molar-refractivity contribution is 6.30. The fourth-order valence-electron chi connectivity index (χ4n) is 6.45. The van der Waals surface area contributed by atoms with Crippen LogP contribution in [-0.4, -0.2) is 38.6 Å². The van der Waals surface area contributed by atoms with Gasteiger partial charge in [0.15, 0.2) is 11.5 Å². The number of rotatable bonds is 8. The van der Waals surface area contributed by atoms with Crippen molar-refractivity contribution in [1.29, 1.82) is 0 Å². The van der Waals surface area contributed by atoms with Gasteiger partial charge in [0.05, 0.1) is 29.5 Å². The van der Waals surface area contributed by atoms with Crippen molar-refractivity contribution in [1.82, 2.24) is 14.5 Å². The molecule has 44 heavy (non-hydrogen) atoms. The van der Waals surface area contributed by atoms with Crippen molar-refractivity contribution < 1.29 is 23.8 Å². The summed E-state index contributed by atoms with van der Waals surface area (Å²) < 4.78 is 29.5. The molecule has 3 heterocycles. The third kappa shape index (κ3) is 5.72. The number of hydrogen-bond donors (Lipinski definition) is 1. The van der Waals surface area contributed by atoms with Gasteiger partial charge in [-0.25, -0.2) is 14.2 Å². The first-order chi connectivity index (χ1) is 21.0. The van der Waals surface area contributed by atoms with Gasteiger partial charge in [0.25, 0.3) is 5.79 Å². The summed E-state index contributed by atoms with van der Waals surface area (Å²) in [5, 5.41) is 9.59. The summed E-state index contributed by atoms with van der Waals surface area (Å²) in [6.07, 6.45) is 6.32. The molecule has 0 aliphatic carbocycles. The van der Waals surface area contributed by atoms with Gasteiger partial charge in [-0.1, -0.05) is 54.1 Å². The van der Waals surface area contributed by atoms with E-state index in [2.05, 4.69) is 41.5 Å². The number of likely N-dealkylation sites (tertiary alicyclic amines) is 1. The number of carboxylic acids is 1. The lowest BCUT2D eigenvalue weighted by atomic mass is 9.88. The van der Waals surface area contributed by atoms with Crippen LogP contribution in [-0.2, 0) is 22.7 Å². The predicted octanol–water partition coefficient (Wildman–Crippen LogP) is 7.58. The van der Waals surface area contributed by atoms with E-state index in [1.165, 1.54) is 6.07 Å². The molecule has 0 saturated carbocycles. The molecule has 1 N–H and O–H groups in total. The van der Waals surface area contributed by atoms with Gasteiger partial charge >= 0.3 is 5.97 Å². The molecule has 1 unspecified atom stereocenters. The molecule has 0 bridgehead atoms. The number of piperidine rings is 1. The van der Waals surface area contributed by atoms with E-state index in [4.69, 9.17) is 26.1 Å². The van der Waals surface area contributed by atoms with E-state index in [1.54, 1.807) is 31.3 Å². The van der Waals surface area contributed by atoms with Gasteiger partial charge in [-0.15, -0.1) is 0 Å². The minimum Gasteiger partial charge on any atom is -0.478 e. The van der Waals surface area contributed by atoms with Crippen molar-refractivity contribution in [2.24, 2.45) is 0 Å². The molecule has 4 aromatic rings. The van der Waals surface area contributed by atoms with E-state index in [-0.39, 0.29) is 5.92 Å². The van der Waals surface area contributed by atoms with Crippen molar-refractivity contribution >= 4 is 23.6 Å². The topological polar surface area (TPSA) is 76.8 Å². The second-order valence-corrected chi connectivity index (χ2v) is 12.5. The van der Waals surface area contributed by atoms with E-state index in [0.29, 0.717) is 28.6 Å². The van der Waals surface area contributed by atoms with Crippen LogP contribution in [0.15, 0.2) is 79.0 Å². The van der Waals surface area contributed by atoms with E-state index >= 15 is 0 Å². The Hall–Kier alpha value is -4.14. The Bertz CT molecular complexity index is 1710. The standard InChI is InChI=1S/C35H35ClFN3O4/c1-34(2,24-8-5-4-6-9-24)40-26(13-15-32(41)42)21-38-31(40)22-39-18-16-23(17-19-39)27-10-7-11-30-33(27)44-35(3,43-30)28-14-12-25(36)20-29(28)37/h4-15,20-21,23H,16-19,22H2,1-3H3,(H,41,42)/b15-13+. The van der Waals surface area contributed by atoms with Crippen molar-refractivity contribution in [3.05, 3.63) is 118 Å². The molecule has 0 radical (unpaired) electrons. The molecule has 228 valence electrons. The number of ether oxygens (including phenoxy) is 2. The highest BCUT2D eigenvalue weighted by Gasteiger charge is 2.43. The minimum absolute atomic E-state index is 0.247. The maximum absolute atomic E-state index is 14.8. The number of imidazole rings is 1. The van der Waals surface area contributed by atoms with Crippen LogP contribution in [0.25, 0.3) is 6.08 Å². The zero-order valence-corrected chi connectivity index (χ0v) is 25.7. The molecule has 9 heteroatoms. The normalized spacial score (nSPS) is 19.1. The van der Waals surface area contributed by atoms with Gasteiger partial charge in [0.2, 0.25) is 0 Å². The highest BCUT2D eigenvalue weighted by atomic mass is 35.5. The molecule has 0 spiro atoms. The Labute approximate surface area is 261 Å². The van der Waals surface area contributed by atoms with Crippen LogP contribution in [0.3, 0.4) is 0 Å². The molecule has 1 saturated heterocycles. The molecular weight excluding hydrogens is 581 g/mol. The number of hydrogen-bond acceptors (Lipinski definition) is 5. The fourth-order valence-corrected chi connectivity index (χ4v) is 6.61. The predicted molar refractivity (Wildman–Crippen MR) is 167 cm³/mol. The maximum Gasteiger partial charge on any atom is 0.328 e. The summed E-state index contributed by atoms with van der Waals surface area (Å²) in [6.45, 7) is 8.29. The van der Waals surface area contributed by atoms with Gasteiger partial charge < -0.3 is 19.1 Å². The number of halogens is 2. The zero-order chi connectivity index (χ0) is 31.1. The molecule has 1 aromatic heterocycles. The van der Waals surface area contributed by atoms with Crippen molar-refractivity contribution in [2.45, 2.75) is 57.4 Å². The summed E-state index contributed by atoms with van der Waals surface area (Å²) in [6, 6.07) is 20.6. The molecule has 2 aliphatic rings. The number of fused-ring (bicyclic) bond motifs is 1. The summed E-state index contributed by atoms with van der Waals surface area (Å²) >= 11 is 5.98. The van der Waals surface area contributed by atoms with Gasteiger partial charge in [-0.05, 0) is 81.6 Å². The number of nitrogens with zero attached hydrogens (tertiary/aromatic N) is 3. The van der Waals surface area contributed by atoms with Gasteiger partial charge in [-0.3, -0.25) is 4.90 Å². The van der Waals surface area contributed by atoms with Crippen LogP contribution in [0.1, 0.15) is 67.7 Å². The first kappa shape index (κ1) is 29.9. The van der Waals surface area contributed by atoms with Gasteiger partial charge in [-0.2, -0.15) is 0 Å². The minimum atomic E-state index is -1.29. The SMILES string of the molecule is CC1(c2ccc(Cl)cc2F)Oc2cccc(C3CCN(Cc4ncc(/C=C/C(=O)O)n4C(C)(C)c4ccccc4)CC3)c2O1. The van der Waals surface area contributed by atoms with E-state index in [0.717, 1.165) is 54.7 Å². The largest absolute Gasteiger partial charge is 0.478 e. The van der Waals surface area contributed by atoms with Crippen LogP contribution in [0.4, 0.5) is 4.39 Å². The summed E-state index contributed by atoms with van der Waals surface area (Å²) in [5.74, 6) is -0.371. The van der Waals surface area contributed by atoms with Crippen LogP contribution in [0, 0.1) is 5.82 Å². The Morgan fingerprint density at radius 3 is 2.57 bits per heavy atom. The zero-order valence-electron chi connectivity index (χ0n) is 25.0. The third-order valence-electron chi connectivity index (χ3n) is 8.72. The Morgan fingerprint density at radius 1 is 1.11 bits per heavy atom. The summed E-state index contributed by atoms with van der Waals surface area (Å²) in [5.41, 5.74) is 2.75. The third-order valence-corrected chi connectivity index (χ3v) is 8.96. The highest BCUT2D eigenvalue weighted by Crippen LogP contribution is 2.50. The Kier molecular flexibility index (Phi) is 7.99. The fraction of sp³-hybridized carbons (Fsp3) is 0.314. The molecule has 1 fully saturated rings. The number of aliphatic carboxylic acids is 1. The molecule has 6 rings (SSSR count). The first-order valence-electron chi connectivity index (χ1n) is 14.8. The molecular formula is C35H35ClFN3O4.